The smallest absolute Gasteiger partial charge is 0.120 e. The first kappa shape index (κ1) is 13.2. The van der Waals surface area contributed by atoms with Crippen LogP contribution in [0.5, 0.6) is 11.5 Å². The van der Waals surface area contributed by atoms with Crippen molar-refractivity contribution in [3.05, 3.63) is 23.8 Å². The lowest BCUT2D eigenvalue weighted by Gasteiger charge is -2.21. The zero-order valence-electron chi connectivity index (χ0n) is 11.4. The van der Waals surface area contributed by atoms with Gasteiger partial charge in [-0.3, -0.25) is 0 Å². The Morgan fingerprint density at radius 3 is 2.78 bits per heavy atom. The molecule has 2 N–H and O–H groups in total. The number of aromatic hydroxyl groups is 1. The third-order valence-corrected chi connectivity index (χ3v) is 3.88. The molecule has 18 heavy (non-hydrogen) atoms. The summed E-state index contributed by atoms with van der Waals surface area (Å²) in [6.07, 6.45) is 3.76. The second kappa shape index (κ2) is 5.61. The summed E-state index contributed by atoms with van der Waals surface area (Å²) < 4.78 is 5.21. The molecule has 0 aliphatic heterocycles. The summed E-state index contributed by atoms with van der Waals surface area (Å²) in [5, 5.41) is 13.5. The number of nitrogens with one attached hydrogen (secondary N) is 1. The molecule has 0 radical (unpaired) electrons. The predicted molar refractivity (Wildman–Crippen MR) is 73.0 cm³/mol. The molecule has 1 saturated carbocycles. The average molecular weight is 249 g/mol. The Balaban J connectivity index is 2.05. The van der Waals surface area contributed by atoms with Crippen LogP contribution < -0.4 is 10.1 Å². The standard InChI is InChI=1S/C15H23NO2/c1-10-4-5-12(8-10)16-11(2)14-9-13(18-3)6-7-15(14)17/h6-7,9-12,16-17H,4-5,8H2,1-3H3. The summed E-state index contributed by atoms with van der Waals surface area (Å²) >= 11 is 0. The molecule has 3 atom stereocenters. The van der Waals surface area contributed by atoms with Crippen LogP contribution in [0.2, 0.25) is 0 Å². The van der Waals surface area contributed by atoms with Gasteiger partial charge in [-0.05, 0) is 50.3 Å². The van der Waals surface area contributed by atoms with Crippen molar-refractivity contribution in [1.29, 1.82) is 0 Å². The number of hydrogen-bond donors (Lipinski definition) is 2. The highest BCUT2D eigenvalue weighted by Crippen LogP contribution is 2.31. The van der Waals surface area contributed by atoms with E-state index in [9.17, 15) is 5.11 Å². The first-order chi connectivity index (χ1) is 8.60. The van der Waals surface area contributed by atoms with E-state index in [0.29, 0.717) is 11.8 Å². The van der Waals surface area contributed by atoms with E-state index < -0.39 is 0 Å². The summed E-state index contributed by atoms with van der Waals surface area (Å²) in [5.74, 6) is 1.94. The minimum absolute atomic E-state index is 0.149. The number of phenols is 1. The zero-order chi connectivity index (χ0) is 13.1. The number of methoxy groups -OCH3 is 1. The zero-order valence-corrected chi connectivity index (χ0v) is 11.4. The highest BCUT2D eigenvalue weighted by molar-refractivity contribution is 5.41. The Morgan fingerprint density at radius 1 is 1.39 bits per heavy atom. The number of ether oxygens (including phenoxy) is 1. The first-order valence-corrected chi connectivity index (χ1v) is 6.73. The second-order valence-corrected chi connectivity index (χ2v) is 5.43. The van der Waals surface area contributed by atoms with Gasteiger partial charge >= 0.3 is 0 Å². The van der Waals surface area contributed by atoms with Gasteiger partial charge in [0.25, 0.3) is 0 Å². The molecule has 0 amide bonds. The van der Waals surface area contributed by atoms with Crippen LogP contribution in [-0.2, 0) is 0 Å². The van der Waals surface area contributed by atoms with Crippen LogP contribution in [0.25, 0.3) is 0 Å². The van der Waals surface area contributed by atoms with E-state index in [1.54, 1.807) is 19.2 Å². The fourth-order valence-corrected chi connectivity index (χ4v) is 2.81. The molecule has 3 heteroatoms. The van der Waals surface area contributed by atoms with Crippen molar-refractivity contribution >= 4 is 0 Å². The minimum atomic E-state index is 0.149. The Morgan fingerprint density at radius 2 is 2.17 bits per heavy atom. The Labute approximate surface area is 109 Å². The van der Waals surface area contributed by atoms with Crippen molar-refractivity contribution in [2.24, 2.45) is 5.92 Å². The van der Waals surface area contributed by atoms with Gasteiger partial charge in [-0.25, -0.2) is 0 Å². The summed E-state index contributed by atoms with van der Waals surface area (Å²) in [5.41, 5.74) is 0.911. The van der Waals surface area contributed by atoms with E-state index in [4.69, 9.17) is 4.74 Å². The fourth-order valence-electron chi connectivity index (χ4n) is 2.81. The van der Waals surface area contributed by atoms with Gasteiger partial charge in [-0.15, -0.1) is 0 Å². The van der Waals surface area contributed by atoms with Gasteiger partial charge in [0.05, 0.1) is 7.11 Å². The minimum Gasteiger partial charge on any atom is -0.508 e. The van der Waals surface area contributed by atoms with Crippen LogP contribution in [0.1, 0.15) is 44.7 Å². The van der Waals surface area contributed by atoms with E-state index in [1.165, 1.54) is 19.3 Å². The number of hydrogen-bond acceptors (Lipinski definition) is 3. The Kier molecular flexibility index (Phi) is 4.12. The van der Waals surface area contributed by atoms with Crippen LogP contribution in [0.15, 0.2) is 18.2 Å². The topological polar surface area (TPSA) is 41.5 Å². The van der Waals surface area contributed by atoms with Crippen LogP contribution in [-0.4, -0.2) is 18.3 Å². The monoisotopic (exact) mass is 249 g/mol. The highest BCUT2D eigenvalue weighted by atomic mass is 16.5. The molecule has 2 rings (SSSR count). The summed E-state index contributed by atoms with van der Waals surface area (Å²) in [7, 11) is 1.65. The molecule has 1 aromatic rings. The van der Waals surface area contributed by atoms with Crippen molar-refractivity contribution in [3.8, 4) is 11.5 Å². The van der Waals surface area contributed by atoms with E-state index in [1.807, 2.05) is 6.07 Å². The van der Waals surface area contributed by atoms with Gasteiger partial charge in [0.15, 0.2) is 0 Å². The first-order valence-electron chi connectivity index (χ1n) is 6.73. The molecular weight excluding hydrogens is 226 g/mol. The van der Waals surface area contributed by atoms with Crippen molar-refractivity contribution in [1.82, 2.24) is 5.32 Å². The van der Waals surface area contributed by atoms with E-state index in [-0.39, 0.29) is 6.04 Å². The maximum absolute atomic E-state index is 9.93. The van der Waals surface area contributed by atoms with Gasteiger partial charge in [0.2, 0.25) is 0 Å². The number of benzene rings is 1. The molecule has 1 aliphatic carbocycles. The lowest BCUT2D eigenvalue weighted by molar-refractivity contribution is 0.400. The number of rotatable bonds is 4. The molecule has 100 valence electrons. The Hall–Kier alpha value is -1.22. The quantitative estimate of drug-likeness (QED) is 0.860. The molecule has 3 unspecified atom stereocenters. The maximum Gasteiger partial charge on any atom is 0.120 e. The van der Waals surface area contributed by atoms with Crippen LogP contribution in [0.3, 0.4) is 0 Å². The molecule has 0 spiro atoms. The van der Waals surface area contributed by atoms with Gasteiger partial charge in [-0.2, -0.15) is 0 Å². The molecule has 0 bridgehead atoms. The summed E-state index contributed by atoms with van der Waals surface area (Å²) in [6.45, 7) is 4.40. The molecule has 1 aliphatic rings. The molecule has 0 heterocycles. The molecule has 0 aromatic heterocycles. The molecule has 1 aromatic carbocycles. The van der Waals surface area contributed by atoms with Crippen molar-refractivity contribution in [2.75, 3.05) is 7.11 Å². The molecular formula is C15H23NO2. The predicted octanol–water partition coefficient (Wildman–Crippen LogP) is 3.24. The summed E-state index contributed by atoms with van der Waals surface area (Å²) in [6, 6.07) is 6.11. The average Bonchev–Trinajstić information content (AvgIpc) is 2.75. The maximum atomic E-state index is 9.93. The third-order valence-electron chi connectivity index (χ3n) is 3.88. The van der Waals surface area contributed by atoms with Gasteiger partial charge < -0.3 is 15.2 Å². The summed E-state index contributed by atoms with van der Waals surface area (Å²) in [4.78, 5) is 0. The Bertz CT molecular complexity index is 405. The highest BCUT2D eigenvalue weighted by Gasteiger charge is 2.23. The van der Waals surface area contributed by atoms with Gasteiger partial charge in [-0.1, -0.05) is 6.92 Å². The van der Waals surface area contributed by atoms with Gasteiger partial charge in [0.1, 0.15) is 11.5 Å². The third kappa shape index (κ3) is 2.96. The fraction of sp³-hybridized carbons (Fsp3) is 0.600. The van der Waals surface area contributed by atoms with E-state index in [0.717, 1.165) is 17.2 Å². The van der Waals surface area contributed by atoms with Crippen LogP contribution in [0.4, 0.5) is 0 Å². The van der Waals surface area contributed by atoms with Crippen molar-refractivity contribution < 1.29 is 9.84 Å². The molecule has 0 saturated heterocycles. The van der Waals surface area contributed by atoms with Crippen molar-refractivity contribution in [3.63, 3.8) is 0 Å². The van der Waals surface area contributed by atoms with Crippen molar-refractivity contribution in [2.45, 2.75) is 45.2 Å². The number of phenolic OH excluding ortho intramolecular Hbond substituents is 1. The van der Waals surface area contributed by atoms with Crippen LogP contribution >= 0.6 is 0 Å². The lowest BCUT2D eigenvalue weighted by atomic mass is 10.0. The normalized spacial score (nSPS) is 25.1. The molecule has 3 nitrogen and oxygen atoms in total. The van der Waals surface area contributed by atoms with Crippen LogP contribution in [0, 0.1) is 5.92 Å². The van der Waals surface area contributed by atoms with E-state index >= 15 is 0 Å². The largest absolute Gasteiger partial charge is 0.508 e. The molecule has 1 fully saturated rings. The lowest BCUT2D eigenvalue weighted by Crippen LogP contribution is -2.29. The van der Waals surface area contributed by atoms with Gasteiger partial charge in [0, 0.05) is 17.6 Å². The van der Waals surface area contributed by atoms with E-state index in [2.05, 4.69) is 19.2 Å². The SMILES string of the molecule is COc1ccc(O)c(C(C)NC2CCC(C)C2)c1. The second-order valence-electron chi connectivity index (χ2n) is 5.43.